The highest BCUT2D eigenvalue weighted by Crippen LogP contribution is 2.23. The third-order valence-corrected chi connectivity index (χ3v) is 4.52. The van der Waals surface area contributed by atoms with Gasteiger partial charge in [0.05, 0.1) is 11.4 Å². The van der Waals surface area contributed by atoms with Crippen LogP contribution in [0.4, 0.5) is 4.39 Å². The van der Waals surface area contributed by atoms with Crippen LogP contribution in [0.15, 0.2) is 61.1 Å². The minimum absolute atomic E-state index is 0.240. The molecule has 2 aromatic heterocycles. The number of pyridine rings is 1. The summed E-state index contributed by atoms with van der Waals surface area (Å²) >= 11 is 0. The zero-order valence-electron chi connectivity index (χ0n) is 13.8. The number of hydrogen-bond acceptors (Lipinski definition) is 4. The van der Waals surface area contributed by atoms with Crippen LogP contribution in [0.1, 0.15) is 17.3 Å². The van der Waals surface area contributed by atoms with Gasteiger partial charge in [0.25, 0.3) is 0 Å². The predicted octanol–water partition coefficient (Wildman–Crippen LogP) is 2.55. The van der Waals surface area contributed by atoms with Gasteiger partial charge in [-0.25, -0.2) is 9.07 Å². The lowest BCUT2D eigenvalue weighted by Gasteiger charge is -2.35. The van der Waals surface area contributed by atoms with Gasteiger partial charge in [-0.05, 0) is 42.0 Å². The van der Waals surface area contributed by atoms with E-state index in [1.54, 1.807) is 23.0 Å². The highest BCUT2D eigenvalue weighted by Gasteiger charge is 2.24. The maximum absolute atomic E-state index is 13.1. The van der Waals surface area contributed by atoms with Crippen molar-refractivity contribution in [1.82, 2.24) is 25.0 Å². The Bertz CT molecular complexity index is 815. The molecule has 6 heteroatoms. The van der Waals surface area contributed by atoms with Gasteiger partial charge in [-0.15, -0.1) is 0 Å². The molecule has 0 radical (unpaired) electrons. The first kappa shape index (κ1) is 15.9. The Morgan fingerprint density at radius 2 is 2.04 bits per heavy atom. The van der Waals surface area contributed by atoms with Crippen molar-refractivity contribution in [2.75, 3.05) is 19.6 Å². The molecule has 0 spiro atoms. The third kappa shape index (κ3) is 3.60. The van der Waals surface area contributed by atoms with Crippen LogP contribution in [0, 0.1) is 5.82 Å². The fourth-order valence-electron chi connectivity index (χ4n) is 3.23. The molecule has 1 fully saturated rings. The predicted molar refractivity (Wildman–Crippen MR) is 93.8 cm³/mol. The van der Waals surface area contributed by atoms with Crippen LogP contribution in [0.5, 0.6) is 0 Å². The molecule has 0 aliphatic carbocycles. The van der Waals surface area contributed by atoms with Crippen molar-refractivity contribution >= 4 is 0 Å². The van der Waals surface area contributed by atoms with Gasteiger partial charge in [-0.1, -0.05) is 6.07 Å². The number of aromatic nitrogens is 3. The van der Waals surface area contributed by atoms with Crippen molar-refractivity contribution in [3.63, 3.8) is 0 Å². The number of benzene rings is 1. The van der Waals surface area contributed by atoms with Crippen LogP contribution in [0.2, 0.25) is 0 Å². The monoisotopic (exact) mass is 337 g/mol. The molecule has 5 nitrogen and oxygen atoms in total. The molecule has 1 aliphatic rings. The number of nitrogens with one attached hydrogen (secondary N) is 1. The molecular weight excluding hydrogens is 317 g/mol. The van der Waals surface area contributed by atoms with Gasteiger partial charge < -0.3 is 5.32 Å². The average molecular weight is 337 g/mol. The molecule has 1 unspecified atom stereocenters. The normalized spacial score (nSPS) is 18.4. The maximum atomic E-state index is 13.1. The second-order valence-electron chi connectivity index (χ2n) is 6.20. The summed E-state index contributed by atoms with van der Waals surface area (Å²) in [6.45, 7) is 3.61. The minimum atomic E-state index is -0.240. The van der Waals surface area contributed by atoms with Crippen LogP contribution < -0.4 is 5.32 Å². The molecule has 25 heavy (non-hydrogen) atoms. The highest BCUT2D eigenvalue weighted by molar-refractivity contribution is 5.31. The summed E-state index contributed by atoms with van der Waals surface area (Å²) in [5, 5.41) is 8.10. The Labute approximate surface area is 146 Å². The zero-order valence-corrected chi connectivity index (χ0v) is 13.8. The maximum Gasteiger partial charge on any atom is 0.123 e. The van der Waals surface area contributed by atoms with Crippen molar-refractivity contribution in [1.29, 1.82) is 0 Å². The van der Waals surface area contributed by atoms with E-state index in [4.69, 9.17) is 0 Å². The third-order valence-electron chi connectivity index (χ3n) is 4.52. The molecule has 3 aromatic rings. The van der Waals surface area contributed by atoms with E-state index in [2.05, 4.69) is 26.4 Å². The molecule has 1 N–H and O–H groups in total. The molecule has 1 aromatic carbocycles. The van der Waals surface area contributed by atoms with E-state index in [1.807, 2.05) is 24.5 Å². The zero-order chi connectivity index (χ0) is 17.1. The Morgan fingerprint density at radius 3 is 2.84 bits per heavy atom. The molecular formula is C19H20FN5. The SMILES string of the molecule is Fc1ccc(-n2ccc(CN3CCNCC3c3cccnc3)n2)cc1. The van der Waals surface area contributed by atoms with E-state index in [9.17, 15) is 4.39 Å². The Balaban J connectivity index is 1.51. The minimum Gasteiger partial charge on any atom is -0.314 e. The summed E-state index contributed by atoms with van der Waals surface area (Å²) in [5.74, 6) is -0.240. The van der Waals surface area contributed by atoms with E-state index >= 15 is 0 Å². The lowest BCUT2D eigenvalue weighted by molar-refractivity contribution is 0.151. The summed E-state index contributed by atoms with van der Waals surface area (Å²) in [6, 6.07) is 12.8. The molecule has 1 aliphatic heterocycles. The van der Waals surface area contributed by atoms with Crippen LogP contribution in [-0.2, 0) is 6.54 Å². The number of nitrogens with zero attached hydrogens (tertiary/aromatic N) is 4. The van der Waals surface area contributed by atoms with Crippen LogP contribution in [-0.4, -0.2) is 39.3 Å². The fraction of sp³-hybridized carbons (Fsp3) is 0.263. The van der Waals surface area contributed by atoms with E-state index in [0.29, 0.717) is 6.04 Å². The quantitative estimate of drug-likeness (QED) is 0.795. The number of hydrogen-bond donors (Lipinski definition) is 1. The molecule has 0 saturated carbocycles. The van der Waals surface area contributed by atoms with Crippen molar-refractivity contribution in [2.24, 2.45) is 0 Å². The van der Waals surface area contributed by atoms with E-state index < -0.39 is 0 Å². The summed E-state index contributed by atoms with van der Waals surface area (Å²) in [4.78, 5) is 6.67. The first-order valence-electron chi connectivity index (χ1n) is 8.45. The molecule has 3 heterocycles. The average Bonchev–Trinajstić information content (AvgIpc) is 3.12. The van der Waals surface area contributed by atoms with Crippen molar-refractivity contribution in [3.05, 3.63) is 78.1 Å². The van der Waals surface area contributed by atoms with Crippen LogP contribution >= 0.6 is 0 Å². The topological polar surface area (TPSA) is 46.0 Å². The Morgan fingerprint density at radius 1 is 1.16 bits per heavy atom. The van der Waals surface area contributed by atoms with Gasteiger partial charge in [0, 0.05) is 50.8 Å². The lowest BCUT2D eigenvalue weighted by Crippen LogP contribution is -2.45. The summed E-state index contributed by atoms with van der Waals surface area (Å²) in [5.41, 5.74) is 3.07. The Kier molecular flexibility index (Phi) is 4.54. The largest absolute Gasteiger partial charge is 0.314 e. The van der Waals surface area contributed by atoms with Gasteiger partial charge in [0.2, 0.25) is 0 Å². The van der Waals surface area contributed by atoms with E-state index in [0.717, 1.165) is 37.6 Å². The van der Waals surface area contributed by atoms with E-state index in [1.165, 1.54) is 17.7 Å². The van der Waals surface area contributed by atoms with E-state index in [-0.39, 0.29) is 5.82 Å². The highest BCUT2D eigenvalue weighted by atomic mass is 19.1. The van der Waals surface area contributed by atoms with Gasteiger partial charge in [0.1, 0.15) is 5.82 Å². The second-order valence-corrected chi connectivity index (χ2v) is 6.20. The van der Waals surface area contributed by atoms with Gasteiger partial charge in [0.15, 0.2) is 0 Å². The van der Waals surface area contributed by atoms with Crippen LogP contribution in [0.3, 0.4) is 0 Å². The van der Waals surface area contributed by atoms with Crippen molar-refractivity contribution in [2.45, 2.75) is 12.6 Å². The molecule has 0 amide bonds. The number of piperazine rings is 1. The summed E-state index contributed by atoms with van der Waals surface area (Å²) < 4.78 is 14.9. The number of rotatable bonds is 4. The standard InChI is InChI=1S/C19H20FN5/c20-16-3-5-18(6-4-16)25-10-7-17(23-25)14-24-11-9-22-13-19(24)15-2-1-8-21-12-15/h1-8,10,12,19,22H,9,11,13-14H2. The van der Waals surface area contributed by atoms with Gasteiger partial charge in [-0.3, -0.25) is 9.88 Å². The summed E-state index contributed by atoms with van der Waals surface area (Å²) in [6.07, 6.45) is 5.65. The Hall–Kier alpha value is -2.57. The second kappa shape index (κ2) is 7.13. The summed E-state index contributed by atoms with van der Waals surface area (Å²) in [7, 11) is 0. The lowest BCUT2D eigenvalue weighted by atomic mass is 10.1. The fourth-order valence-corrected chi connectivity index (χ4v) is 3.23. The molecule has 128 valence electrons. The number of halogens is 1. The molecule has 1 saturated heterocycles. The molecule has 1 atom stereocenters. The first-order chi connectivity index (χ1) is 12.3. The molecule has 0 bridgehead atoms. The van der Waals surface area contributed by atoms with Crippen molar-refractivity contribution < 1.29 is 4.39 Å². The first-order valence-corrected chi connectivity index (χ1v) is 8.45. The van der Waals surface area contributed by atoms with Crippen LogP contribution in [0.25, 0.3) is 5.69 Å². The molecule has 4 rings (SSSR count). The smallest absolute Gasteiger partial charge is 0.123 e. The van der Waals surface area contributed by atoms with Gasteiger partial charge >= 0.3 is 0 Å². The van der Waals surface area contributed by atoms with Crippen molar-refractivity contribution in [3.8, 4) is 5.69 Å². The van der Waals surface area contributed by atoms with Gasteiger partial charge in [-0.2, -0.15) is 5.10 Å².